The second-order valence-corrected chi connectivity index (χ2v) is 8.05. The lowest BCUT2D eigenvalue weighted by atomic mass is 10.2. The third kappa shape index (κ3) is 4.76. The number of ether oxygens (including phenoxy) is 1. The van der Waals surface area contributed by atoms with E-state index in [-0.39, 0.29) is 12.0 Å². The van der Waals surface area contributed by atoms with Gasteiger partial charge >= 0.3 is 6.09 Å². The number of carbonyl (C=O) groups excluding carboxylic acids is 1. The molecule has 2 rings (SSSR count). The number of carbonyl (C=O) groups is 1. The summed E-state index contributed by atoms with van der Waals surface area (Å²) in [5, 5.41) is 8.40. The molecule has 0 radical (unpaired) electrons. The van der Waals surface area contributed by atoms with Crippen molar-refractivity contribution < 1.29 is 13.7 Å². The summed E-state index contributed by atoms with van der Waals surface area (Å²) < 4.78 is 17.7. The van der Waals surface area contributed by atoms with Crippen LogP contribution in [0.5, 0.6) is 0 Å². The molecule has 1 aromatic rings. The van der Waals surface area contributed by atoms with Crippen LogP contribution in [0, 0.1) is 12.8 Å². The number of rotatable bonds is 3. The van der Waals surface area contributed by atoms with Crippen LogP contribution in [0.1, 0.15) is 32.9 Å². The van der Waals surface area contributed by atoms with E-state index in [2.05, 4.69) is 10.2 Å². The van der Waals surface area contributed by atoms with Crippen molar-refractivity contribution >= 4 is 16.9 Å². The molecule has 1 fully saturated rings. The van der Waals surface area contributed by atoms with E-state index in [9.17, 15) is 9.00 Å². The molecule has 1 aliphatic heterocycles. The minimum absolute atomic E-state index is 0.205. The Kier molecular flexibility index (Phi) is 5.16. The van der Waals surface area contributed by atoms with Crippen LogP contribution in [0.15, 0.2) is 17.2 Å². The van der Waals surface area contributed by atoms with Gasteiger partial charge in [0, 0.05) is 18.8 Å². The van der Waals surface area contributed by atoms with Crippen LogP contribution < -0.4 is 0 Å². The predicted molar refractivity (Wildman–Crippen MR) is 84.0 cm³/mol. The third-order valence-electron chi connectivity index (χ3n) is 3.33. The quantitative estimate of drug-likeness (QED) is 0.851. The Morgan fingerprint density at radius 1 is 1.41 bits per heavy atom. The maximum atomic E-state index is 12.3. The average Bonchev–Trinajstić information content (AvgIpc) is 2.86. The lowest BCUT2D eigenvalue weighted by molar-refractivity contribution is 0.0289. The van der Waals surface area contributed by atoms with E-state index in [1.807, 2.05) is 33.8 Å². The molecule has 0 spiro atoms. The predicted octanol–water partition coefficient (Wildman–Crippen LogP) is 2.15. The molecule has 22 heavy (non-hydrogen) atoms. The molecule has 0 unspecified atom stereocenters. The molecule has 1 saturated heterocycles. The fourth-order valence-electron chi connectivity index (χ4n) is 2.27. The Morgan fingerprint density at radius 2 is 2.14 bits per heavy atom. The Balaban J connectivity index is 1.87. The van der Waals surface area contributed by atoms with Gasteiger partial charge in [-0.1, -0.05) is 0 Å². The summed E-state index contributed by atoms with van der Waals surface area (Å²) in [6.45, 7) is 8.63. The summed E-state index contributed by atoms with van der Waals surface area (Å²) in [5.74, 6) is 0.702. The van der Waals surface area contributed by atoms with Gasteiger partial charge in [0.25, 0.3) is 0 Å². The molecule has 7 heteroatoms. The fraction of sp³-hybridized carbons (Fsp3) is 0.667. The number of hydrogen-bond acceptors (Lipinski definition) is 5. The summed E-state index contributed by atoms with van der Waals surface area (Å²) >= 11 is 0. The van der Waals surface area contributed by atoms with E-state index in [1.54, 1.807) is 11.0 Å². The van der Waals surface area contributed by atoms with E-state index in [0.717, 1.165) is 12.1 Å². The summed E-state index contributed by atoms with van der Waals surface area (Å²) in [6, 6.07) is 3.56. The van der Waals surface area contributed by atoms with Gasteiger partial charge in [0.2, 0.25) is 0 Å². The molecule has 0 saturated carbocycles. The first-order valence-corrected chi connectivity index (χ1v) is 8.73. The molecule has 6 nitrogen and oxygen atoms in total. The molecule has 122 valence electrons. The Bertz CT molecular complexity index is 554. The molecule has 0 aliphatic carbocycles. The van der Waals surface area contributed by atoms with Crippen molar-refractivity contribution in [2.75, 3.05) is 18.8 Å². The summed E-state index contributed by atoms with van der Waals surface area (Å²) in [7, 11) is -1.18. The second kappa shape index (κ2) is 6.73. The van der Waals surface area contributed by atoms with Crippen LogP contribution in [-0.4, -0.2) is 49.8 Å². The number of hydrogen-bond donors (Lipinski definition) is 0. The normalized spacial score (nSPS) is 20.0. The van der Waals surface area contributed by atoms with Gasteiger partial charge in [-0.3, -0.25) is 4.21 Å². The van der Waals surface area contributed by atoms with Crippen LogP contribution in [0.4, 0.5) is 4.79 Å². The molecule has 2 heterocycles. The molecule has 2 atom stereocenters. The SMILES string of the molecule is Cc1ccc([S@@](=O)C[C@H]2CCN(C(=O)OC(C)(C)C)C2)nn1. The molecule has 0 bridgehead atoms. The zero-order valence-corrected chi connectivity index (χ0v) is 14.4. The van der Waals surface area contributed by atoms with Crippen LogP contribution in [0.3, 0.4) is 0 Å². The summed E-state index contributed by atoms with van der Waals surface area (Å²) in [5.41, 5.74) is 0.313. The van der Waals surface area contributed by atoms with Crippen molar-refractivity contribution in [2.45, 2.75) is 44.7 Å². The first kappa shape index (κ1) is 16.9. The van der Waals surface area contributed by atoms with Crippen molar-refractivity contribution in [2.24, 2.45) is 5.92 Å². The van der Waals surface area contributed by atoms with Gasteiger partial charge in [0.05, 0.1) is 16.5 Å². The fourth-order valence-corrected chi connectivity index (χ4v) is 3.49. The van der Waals surface area contributed by atoms with Crippen LogP contribution in [0.25, 0.3) is 0 Å². The highest BCUT2D eigenvalue weighted by Gasteiger charge is 2.30. The van der Waals surface area contributed by atoms with Gasteiger partial charge in [-0.25, -0.2) is 4.79 Å². The molecule has 0 aromatic carbocycles. The number of likely N-dealkylation sites (tertiary alicyclic amines) is 1. The highest BCUT2D eigenvalue weighted by Crippen LogP contribution is 2.21. The lowest BCUT2D eigenvalue weighted by Gasteiger charge is -2.24. The van der Waals surface area contributed by atoms with Crippen LogP contribution in [0.2, 0.25) is 0 Å². The van der Waals surface area contributed by atoms with E-state index in [1.165, 1.54) is 0 Å². The van der Waals surface area contributed by atoms with Crippen molar-refractivity contribution in [3.8, 4) is 0 Å². The topological polar surface area (TPSA) is 72.4 Å². The second-order valence-electron chi connectivity index (χ2n) is 6.61. The number of aromatic nitrogens is 2. The molecule has 1 aliphatic rings. The van der Waals surface area contributed by atoms with Crippen molar-refractivity contribution in [1.29, 1.82) is 0 Å². The maximum Gasteiger partial charge on any atom is 0.410 e. The van der Waals surface area contributed by atoms with E-state index in [0.29, 0.717) is 23.9 Å². The van der Waals surface area contributed by atoms with Gasteiger partial charge < -0.3 is 9.64 Å². The average molecular weight is 325 g/mol. The Morgan fingerprint density at radius 3 is 2.73 bits per heavy atom. The van der Waals surface area contributed by atoms with Gasteiger partial charge in [0.1, 0.15) is 10.6 Å². The van der Waals surface area contributed by atoms with E-state index < -0.39 is 16.4 Å². The smallest absolute Gasteiger partial charge is 0.410 e. The third-order valence-corrected chi connectivity index (χ3v) is 4.79. The lowest BCUT2D eigenvalue weighted by Crippen LogP contribution is -2.35. The minimum atomic E-state index is -1.18. The largest absolute Gasteiger partial charge is 0.444 e. The molecule has 1 amide bonds. The molecule has 0 N–H and O–H groups in total. The zero-order chi connectivity index (χ0) is 16.3. The van der Waals surface area contributed by atoms with Crippen LogP contribution >= 0.6 is 0 Å². The highest BCUT2D eigenvalue weighted by molar-refractivity contribution is 7.84. The van der Waals surface area contributed by atoms with Crippen LogP contribution in [-0.2, 0) is 15.5 Å². The van der Waals surface area contributed by atoms with Gasteiger partial charge in [-0.2, -0.15) is 5.10 Å². The van der Waals surface area contributed by atoms with Crippen molar-refractivity contribution in [3.05, 3.63) is 17.8 Å². The first-order chi connectivity index (χ1) is 10.2. The molecular weight excluding hydrogens is 302 g/mol. The number of aryl methyl sites for hydroxylation is 1. The first-order valence-electron chi connectivity index (χ1n) is 7.41. The van der Waals surface area contributed by atoms with Gasteiger partial charge in [-0.15, -0.1) is 5.10 Å². The Hall–Kier alpha value is -1.50. The number of amides is 1. The monoisotopic (exact) mass is 325 g/mol. The zero-order valence-electron chi connectivity index (χ0n) is 13.5. The Labute approximate surface area is 133 Å². The van der Waals surface area contributed by atoms with Gasteiger partial charge in [-0.05, 0) is 52.2 Å². The highest BCUT2D eigenvalue weighted by atomic mass is 32.2. The van der Waals surface area contributed by atoms with Crippen molar-refractivity contribution in [3.63, 3.8) is 0 Å². The van der Waals surface area contributed by atoms with Crippen molar-refractivity contribution in [1.82, 2.24) is 15.1 Å². The molecular formula is C15H23N3O3S. The van der Waals surface area contributed by atoms with E-state index >= 15 is 0 Å². The van der Waals surface area contributed by atoms with E-state index in [4.69, 9.17) is 4.74 Å². The number of nitrogens with zero attached hydrogens (tertiary/aromatic N) is 3. The minimum Gasteiger partial charge on any atom is -0.444 e. The summed E-state index contributed by atoms with van der Waals surface area (Å²) in [4.78, 5) is 13.7. The maximum absolute atomic E-state index is 12.3. The van der Waals surface area contributed by atoms with Gasteiger partial charge in [0.15, 0.2) is 0 Å². The summed E-state index contributed by atoms with van der Waals surface area (Å²) in [6.07, 6.45) is 0.542. The molecule has 1 aromatic heterocycles. The standard InChI is InChI=1S/C15H23N3O3S/c1-11-5-6-13(17-16-11)22(20)10-12-7-8-18(9-12)14(19)21-15(2,3)4/h5-6,12H,7-10H2,1-4H3/t12-,22-/m0/s1.